The van der Waals surface area contributed by atoms with Crippen LogP contribution in [-0.4, -0.2) is 106 Å². The first-order valence-corrected chi connectivity index (χ1v) is 24.0. The molecule has 12 atom stereocenters. The summed E-state index contributed by atoms with van der Waals surface area (Å²) < 4.78 is 0. The fourth-order valence-electron chi connectivity index (χ4n) is 10.7. The summed E-state index contributed by atoms with van der Waals surface area (Å²) in [4.78, 5) is 95.7. The van der Waals surface area contributed by atoms with E-state index in [1.807, 2.05) is 121 Å². The first kappa shape index (κ1) is 43.4. The fourth-order valence-corrected chi connectivity index (χ4v) is 10.7. The van der Waals surface area contributed by atoms with Crippen molar-refractivity contribution in [2.24, 2.45) is 23.7 Å². The number of nitrogens with zero attached hydrogens (tertiary/aromatic N) is 4. The molecule has 5 aromatic rings. The molecule has 0 spiro atoms. The lowest BCUT2D eigenvalue weighted by Gasteiger charge is -2.18. The summed E-state index contributed by atoms with van der Waals surface area (Å²) in [7, 11) is 0. The van der Waals surface area contributed by atoms with Gasteiger partial charge >= 0.3 is 0 Å². The highest BCUT2D eigenvalue weighted by molar-refractivity contribution is 5.98. The molecule has 2 aliphatic heterocycles. The third-order valence-corrected chi connectivity index (χ3v) is 15.0. The average Bonchev–Trinajstić information content (AvgIpc) is 4.31. The highest BCUT2D eigenvalue weighted by Crippen LogP contribution is 2.44. The summed E-state index contributed by atoms with van der Waals surface area (Å²) in [6.45, 7) is 0.0603. The third kappa shape index (κ3) is 9.11. The lowest BCUT2D eigenvalue weighted by Crippen LogP contribution is -2.43. The van der Waals surface area contributed by atoms with E-state index in [1.54, 1.807) is 0 Å². The van der Waals surface area contributed by atoms with Gasteiger partial charge in [-0.1, -0.05) is 121 Å². The molecule has 4 N–H and O–H groups in total. The maximum atomic E-state index is 14.1. The molecular weight excluding hydrogens is 857 g/mol. The van der Waals surface area contributed by atoms with Gasteiger partial charge in [0.15, 0.2) is 0 Å². The number of carbonyl (C=O) groups excluding carboxylic acids is 6. The number of hydrogen-bond donors (Lipinski definition) is 4. The second-order valence-electron chi connectivity index (χ2n) is 19.6. The van der Waals surface area contributed by atoms with Crippen molar-refractivity contribution in [1.82, 2.24) is 41.0 Å². The lowest BCUT2D eigenvalue weighted by atomic mass is 9.94. The molecule has 1 aromatic heterocycles. The Bertz CT molecular complexity index is 2370. The van der Waals surface area contributed by atoms with Gasteiger partial charge in [0.2, 0.25) is 23.6 Å². The largest absolute Gasteiger partial charge is 0.352 e. The van der Waals surface area contributed by atoms with Crippen molar-refractivity contribution in [2.45, 2.75) is 73.5 Å². The molecule has 14 nitrogen and oxygen atoms in total. The summed E-state index contributed by atoms with van der Waals surface area (Å²) in [5.41, 5.74) is 4.51. The first-order valence-electron chi connectivity index (χ1n) is 24.0. The molecule has 6 amide bonds. The molecule has 11 rings (SSSR count). The number of hydrogen-bond acceptors (Lipinski definition) is 8. The zero-order valence-corrected chi connectivity index (χ0v) is 37.5. The SMILES string of the molecule is O=C(N[C@H]1C[C@@H]1c1ccccc1)[C@@H]1CN(C(=O)c2cnc(C(=O)N3C[C@@H](C(=O)N[C@H]4C[C@@H]4c4ccccc4)[C@H](C(=O)N[C@H]4C[C@@H]4c4ccccc4)C3)cn2)C[C@H]1C(=O)N[C@H]1C[C@@H]1c1ccccc1. The summed E-state index contributed by atoms with van der Waals surface area (Å²) in [6, 6.07) is 39.8. The molecule has 4 aromatic carbocycles. The van der Waals surface area contributed by atoms with Gasteiger partial charge in [0.1, 0.15) is 11.4 Å². The molecule has 6 fully saturated rings. The lowest BCUT2D eigenvalue weighted by molar-refractivity contribution is -0.133. The molecule has 4 aliphatic carbocycles. The Labute approximate surface area is 394 Å². The Hall–Kier alpha value is -7.22. The molecular formula is C54H54N8O6. The molecule has 4 saturated carbocycles. The molecule has 346 valence electrons. The van der Waals surface area contributed by atoms with Crippen molar-refractivity contribution in [2.75, 3.05) is 26.2 Å². The van der Waals surface area contributed by atoms with E-state index in [2.05, 4.69) is 31.2 Å². The molecule has 0 radical (unpaired) electrons. The van der Waals surface area contributed by atoms with Crippen molar-refractivity contribution in [3.05, 3.63) is 167 Å². The molecule has 0 unspecified atom stereocenters. The van der Waals surface area contributed by atoms with Gasteiger partial charge in [0.05, 0.1) is 36.1 Å². The van der Waals surface area contributed by atoms with Crippen LogP contribution in [0.2, 0.25) is 0 Å². The highest BCUT2D eigenvalue weighted by Gasteiger charge is 2.51. The van der Waals surface area contributed by atoms with Crippen molar-refractivity contribution in [1.29, 1.82) is 0 Å². The van der Waals surface area contributed by atoms with E-state index >= 15 is 0 Å². The van der Waals surface area contributed by atoms with Crippen LogP contribution in [0.25, 0.3) is 0 Å². The Kier molecular flexibility index (Phi) is 11.5. The fraction of sp³-hybridized carbons (Fsp3) is 0.370. The zero-order chi connectivity index (χ0) is 46.5. The number of likely N-dealkylation sites (tertiary alicyclic amines) is 2. The van der Waals surface area contributed by atoms with E-state index in [0.717, 1.165) is 47.9 Å². The maximum Gasteiger partial charge on any atom is 0.274 e. The van der Waals surface area contributed by atoms with E-state index in [9.17, 15) is 28.8 Å². The zero-order valence-electron chi connectivity index (χ0n) is 37.5. The first-order chi connectivity index (χ1) is 33.2. The van der Waals surface area contributed by atoms with Gasteiger partial charge in [0, 0.05) is 74.0 Å². The summed E-state index contributed by atoms with van der Waals surface area (Å²) in [5, 5.41) is 12.7. The van der Waals surface area contributed by atoms with Crippen LogP contribution in [0, 0.1) is 23.7 Å². The Balaban J connectivity index is 0.756. The molecule has 3 heterocycles. The van der Waals surface area contributed by atoms with Crippen molar-refractivity contribution in [3.63, 3.8) is 0 Å². The number of benzene rings is 4. The number of nitrogens with one attached hydrogen (secondary N) is 4. The average molecular weight is 911 g/mol. The van der Waals surface area contributed by atoms with E-state index < -0.39 is 35.5 Å². The molecule has 14 heteroatoms. The van der Waals surface area contributed by atoms with E-state index in [0.29, 0.717) is 0 Å². The van der Waals surface area contributed by atoms with Crippen molar-refractivity contribution in [3.8, 4) is 0 Å². The van der Waals surface area contributed by atoms with Gasteiger partial charge in [0.25, 0.3) is 11.8 Å². The molecule has 0 bridgehead atoms. The Morgan fingerprint density at radius 2 is 0.603 bits per heavy atom. The van der Waals surface area contributed by atoms with Crippen LogP contribution in [0.15, 0.2) is 134 Å². The molecule has 68 heavy (non-hydrogen) atoms. The van der Waals surface area contributed by atoms with Crippen LogP contribution in [0.3, 0.4) is 0 Å². The van der Waals surface area contributed by atoms with Crippen LogP contribution >= 0.6 is 0 Å². The Morgan fingerprint density at radius 3 is 0.824 bits per heavy atom. The smallest absolute Gasteiger partial charge is 0.274 e. The second-order valence-corrected chi connectivity index (χ2v) is 19.6. The van der Waals surface area contributed by atoms with Gasteiger partial charge in [-0.15, -0.1) is 0 Å². The normalized spacial score (nSPS) is 29.6. The summed E-state index contributed by atoms with van der Waals surface area (Å²) in [5.74, 6) is -4.43. The second kappa shape index (κ2) is 18.1. The summed E-state index contributed by atoms with van der Waals surface area (Å²) >= 11 is 0. The van der Waals surface area contributed by atoms with E-state index in [-0.39, 0.29) is 109 Å². The molecule has 2 saturated heterocycles. The topological polar surface area (TPSA) is 183 Å². The van der Waals surface area contributed by atoms with Crippen LogP contribution in [-0.2, 0) is 19.2 Å². The van der Waals surface area contributed by atoms with Crippen LogP contribution in [0.1, 0.15) is 92.6 Å². The highest BCUT2D eigenvalue weighted by atomic mass is 16.2. The monoisotopic (exact) mass is 910 g/mol. The quantitative estimate of drug-likeness (QED) is 0.125. The number of rotatable bonds is 14. The molecule has 6 aliphatic rings. The standard InChI is InChI=1S/C54H54N8O6/c63-49(57-43-21-35(43)31-13-5-1-6-14-31)39-27-61(28-40(39)50(64)58-44-22-36(44)32-15-7-2-8-16-32)53(67)47-25-56-48(26-55-47)54(68)62-29-41(51(65)59-45-23-37(45)33-17-9-3-10-18-33)42(30-62)52(66)60-46-24-38(46)34-19-11-4-12-20-34/h1-20,25-26,35-46H,21-24,27-30H2,(H,57,63)(H,58,64)(H,59,65)(H,60,66)/t35-,36-,37-,38-,39-,40-,41-,42-,43+,44+,45+,46+/m1/s1. The third-order valence-electron chi connectivity index (χ3n) is 15.0. The van der Waals surface area contributed by atoms with Crippen molar-refractivity contribution >= 4 is 35.4 Å². The predicted molar refractivity (Wildman–Crippen MR) is 251 cm³/mol. The van der Waals surface area contributed by atoms with Crippen LogP contribution < -0.4 is 21.3 Å². The van der Waals surface area contributed by atoms with Gasteiger partial charge in [-0.25, -0.2) is 9.97 Å². The predicted octanol–water partition coefficient (Wildman–Crippen LogP) is 4.54. The van der Waals surface area contributed by atoms with Crippen LogP contribution in [0.5, 0.6) is 0 Å². The van der Waals surface area contributed by atoms with Gasteiger partial charge in [-0.2, -0.15) is 0 Å². The van der Waals surface area contributed by atoms with Crippen molar-refractivity contribution < 1.29 is 28.8 Å². The van der Waals surface area contributed by atoms with Gasteiger partial charge in [-0.05, 0) is 47.9 Å². The minimum atomic E-state index is -0.780. The van der Waals surface area contributed by atoms with Gasteiger partial charge in [-0.3, -0.25) is 28.8 Å². The number of amides is 6. The minimum absolute atomic E-state index is 0.0151. The van der Waals surface area contributed by atoms with Gasteiger partial charge < -0.3 is 31.1 Å². The maximum absolute atomic E-state index is 14.1. The van der Waals surface area contributed by atoms with E-state index in [4.69, 9.17) is 0 Å². The van der Waals surface area contributed by atoms with Crippen LogP contribution in [0.4, 0.5) is 0 Å². The Morgan fingerprint density at radius 1 is 0.368 bits per heavy atom. The summed E-state index contributed by atoms with van der Waals surface area (Å²) in [6.07, 6.45) is 5.67. The minimum Gasteiger partial charge on any atom is -0.352 e. The number of aromatic nitrogens is 2. The number of carbonyl (C=O) groups is 6. The van der Waals surface area contributed by atoms with E-state index in [1.165, 1.54) is 22.2 Å².